The van der Waals surface area contributed by atoms with E-state index in [0.29, 0.717) is 76.1 Å². The van der Waals surface area contributed by atoms with Gasteiger partial charge in [0, 0.05) is 101 Å². The van der Waals surface area contributed by atoms with Gasteiger partial charge in [-0.3, -0.25) is 9.59 Å². The second kappa shape index (κ2) is 32.0. The summed E-state index contributed by atoms with van der Waals surface area (Å²) in [5, 5.41) is 12.8. The van der Waals surface area contributed by atoms with Crippen molar-refractivity contribution in [3.8, 4) is 73.5 Å². The van der Waals surface area contributed by atoms with Crippen molar-refractivity contribution in [1.29, 1.82) is 0 Å². The van der Waals surface area contributed by atoms with E-state index in [2.05, 4.69) is 249 Å². The van der Waals surface area contributed by atoms with Gasteiger partial charge in [-0.15, -0.1) is 0 Å². The number of carbonyl (C=O) groups excluding carboxylic acids is 2. The van der Waals surface area contributed by atoms with E-state index in [0.717, 1.165) is 145 Å². The molecule has 0 saturated heterocycles. The first-order chi connectivity index (χ1) is 52.5. The Hall–Kier alpha value is -11.0. The summed E-state index contributed by atoms with van der Waals surface area (Å²) in [5.41, 5.74) is 17.3. The van der Waals surface area contributed by atoms with E-state index >= 15 is 0 Å². The third kappa shape index (κ3) is 14.9. The number of hydrogen-bond acceptors (Lipinski definition) is 10. The van der Waals surface area contributed by atoms with Gasteiger partial charge in [-0.05, 0) is 154 Å². The van der Waals surface area contributed by atoms with Gasteiger partial charge in [0.25, 0.3) is 0 Å². The number of benzene rings is 11. The SMILES string of the molecule is CCO[Si](C)(CCCNC(=O)Cc1ccc(-c2ccc3c(c2)c2cc(-c4ccc(CC(=O)NCCC[Si](OCC)(OCC)OCC)cc4)ccc2n3-c2c(-n3c4ccccc4c4ccccc43)cc(-c3nc(-c4ccccc4)nc(-c4ccccc4)n3)cc2-n2c3ccccc3c3ccccc32)cc1)OCC. The molecule has 0 bridgehead atoms. The predicted octanol–water partition coefficient (Wildman–Crippen LogP) is 19.8. The lowest BCUT2D eigenvalue weighted by molar-refractivity contribution is -0.121. The Morgan fingerprint density at radius 3 is 1.06 bits per heavy atom. The van der Waals surface area contributed by atoms with Crippen LogP contribution in [0.1, 0.15) is 58.6 Å². The largest absolute Gasteiger partial charge is 0.500 e. The Kier molecular flexibility index (Phi) is 21.4. The van der Waals surface area contributed by atoms with Gasteiger partial charge in [-0.25, -0.2) is 15.0 Å². The highest BCUT2D eigenvalue weighted by atomic mass is 28.4. The molecule has 0 unspecified atom stereocenters. The second-order valence-corrected chi connectivity index (χ2v) is 33.2. The fourth-order valence-corrected chi connectivity index (χ4v) is 20.3. The van der Waals surface area contributed by atoms with Crippen LogP contribution < -0.4 is 10.6 Å². The van der Waals surface area contributed by atoms with Crippen LogP contribution in [-0.4, -0.2) is 104 Å². The fourth-order valence-electron chi connectivity index (χ4n) is 15.3. The van der Waals surface area contributed by atoms with Crippen LogP contribution in [0.4, 0.5) is 0 Å². The normalized spacial score (nSPS) is 12.0. The highest BCUT2D eigenvalue weighted by molar-refractivity contribution is 6.66. The van der Waals surface area contributed by atoms with Crippen molar-refractivity contribution in [3.63, 3.8) is 0 Å². The Labute approximate surface area is 626 Å². The van der Waals surface area contributed by atoms with Crippen LogP contribution in [0.15, 0.2) is 255 Å². The standard InChI is InChI=1S/C90H88N8O7Si2/c1-7-101-106(6,102-8-2)54-26-52-91-85(99)56-62-40-44-64(45-41-62)68-48-50-81-75(58-68)76-59-69(65-46-42-63(43-47-65)57-86(100)92-53-27-55-107(103-9-3,104-10-4)105-11-5)49-51-82(76)98(81)87-83(96-77-36-22-18-32-71(77)72-33-19-23-37-78(72)96)60-70(61-84(87)97-79-38-24-20-34-73(79)74-35-21-25-39-80(74)97)90-94-88(66-28-14-12-15-29-66)93-89(95-90)67-30-16-13-17-31-67/h12-25,28-51,58-61H,7-11,26-27,52-57H2,1-6H3,(H,91,99)(H,92,100). The number of para-hydroxylation sites is 4. The molecule has 4 heterocycles. The molecule has 17 heteroatoms. The summed E-state index contributed by atoms with van der Waals surface area (Å²) in [6.45, 7) is 15.7. The van der Waals surface area contributed by atoms with Crippen molar-refractivity contribution in [2.24, 2.45) is 0 Å². The van der Waals surface area contributed by atoms with Crippen molar-refractivity contribution in [3.05, 3.63) is 266 Å². The quantitative estimate of drug-likeness (QED) is 0.0328. The zero-order valence-electron chi connectivity index (χ0n) is 61.5. The van der Waals surface area contributed by atoms with Gasteiger partial charge >= 0.3 is 17.4 Å². The first kappa shape index (κ1) is 71.6. The van der Waals surface area contributed by atoms with Gasteiger partial charge in [0.15, 0.2) is 17.5 Å². The van der Waals surface area contributed by atoms with Crippen LogP contribution in [0.5, 0.6) is 0 Å². The topological polar surface area (TPSA) is 158 Å². The van der Waals surface area contributed by atoms with Crippen LogP contribution in [0, 0.1) is 0 Å². The minimum absolute atomic E-state index is 0.0242. The van der Waals surface area contributed by atoms with Gasteiger partial charge in [-0.2, -0.15) is 0 Å². The third-order valence-corrected chi connectivity index (χ3v) is 26.3. The molecule has 0 aliphatic heterocycles. The molecule has 0 radical (unpaired) electrons. The van der Waals surface area contributed by atoms with Gasteiger partial charge in [0.2, 0.25) is 11.8 Å². The van der Waals surface area contributed by atoms with E-state index in [4.69, 9.17) is 37.1 Å². The Bertz CT molecular complexity index is 5380. The summed E-state index contributed by atoms with van der Waals surface area (Å²) < 4.78 is 37.7. The Morgan fingerprint density at radius 2 is 0.673 bits per heavy atom. The number of fused-ring (bicyclic) bond motifs is 9. The van der Waals surface area contributed by atoms with Gasteiger partial charge in [0.05, 0.1) is 63.0 Å². The molecule has 11 aromatic carbocycles. The van der Waals surface area contributed by atoms with Gasteiger partial charge < -0.3 is 46.5 Å². The van der Waals surface area contributed by atoms with Crippen LogP contribution in [0.25, 0.3) is 139 Å². The molecule has 2 N–H and O–H groups in total. The average Bonchev–Trinajstić information content (AvgIpc) is 1.56. The van der Waals surface area contributed by atoms with Crippen LogP contribution in [0.2, 0.25) is 18.6 Å². The molecule has 15 nitrogen and oxygen atoms in total. The maximum Gasteiger partial charge on any atom is 0.500 e. The molecule has 0 aliphatic carbocycles. The van der Waals surface area contributed by atoms with Gasteiger partial charge in [0.1, 0.15) is 0 Å². The number of carbonyl (C=O) groups is 2. The van der Waals surface area contributed by atoms with E-state index in [1.807, 2.05) is 71.0 Å². The molecule has 0 aliphatic rings. The Balaban J connectivity index is 0.914. The summed E-state index contributed by atoms with van der Waals surface area (Å²) in [6, 6.07) is 91.5. The lowest BCUT2D eigenvalue weighted by Gasteiger charge is -2.28. The van der Waals surface area contributed by atoms with E-state index < -0.39 is 17.4 Å². The summed E-state index contributed by atoms with van der Waals surface area (Å²) in [7, 11) is -5.14. The van der Waals surface area contributed by atoms with Crippen LogP contribution in [-0.2, 0) is 44.6 Å². The highest BCUT2D eigenvalue weighted by Crippen LogP contribution is 2.46. The minimum Gasteiger partial charge on any atom is -0.395 e. The van der Waals surface area contributed by atoms with Crippen molar-refractivity contribution < 1.29 is 31.7 Å². The van der Waals surface area contributed by atoms with Crippen molar-refractivity contribution in [2.45, 2.75) is 78.9 Å². The van der Waals surface area contributed by atoms with Crippen molar-refractivity contribution in [2.75, 3.05) is 46.1 Å². The minimum atomic E-state index is -2.84. The predicted molar refractivity (Wildman–Crippen MR) is 438 cm³/mol. The van der Waals surface area contributed by atoms with E-state index in [1.54, 1.807) is 0 Å². The number of rotatable bonds is 30. The molecule has 0 fully saturated rings. The third-order valence-electron chi connectivity index (χ3n) is 20.1. The Morgan fingerprint density at radius 1 is 0.336 bits per heavy atom. The molecule has 0 spiro atoms. The van der Waals surface area contributed by atoms with E-state index in [-0.39, 0.29) is 24.7 Å². The first-order valence-electron chi connectivity index (χ1n) is 37.5. The number of amides is 2. The molecule has 4 aromatic heterocycles. The average molecular weight is 1450 g/mol. The summed E-state index contributed by atoms with van der Waals surface area (Å²) in [6.07, 6.45) is 1.95. The molecule has 0 atom stereocenters. The van der Waals surface area contributed by atoms with Crippen molar-refractivity contribution in [1.82, 2.24) is 39.3 Å². The number of aromatic nitrogens is 6. The lowest BCUT2D eigenvalue weighted by atomic mass is 9.98. The summed E-state index contributed by atoms with van der Waals surface area (Å²) >= 11 is 0. The maximum absolute atomic E-state index is 13.6. The highest BCUT2D eigenvalue weighted by Gasteiger charge is 2.40. The fraction of sp³-hybridized carbons (Fsp3) is 0.211. The smallest absolute Gasteiger partial charge is 0.395 e. The second-order valence-electron chi connectivity index (χ2n) is 27.1. The first-order valence-corrected chi connectivity index (χ1v) is 42.0. The van der Waals surface area contributed by atoms with E-state index in [9.17, 15) is 9.59 Å². The zero-order valence-corrected chi connectivity index (χ0v) is 63.5. The molecule has 15 rings (SSSR count). The number of nitrogens with zero attached hydrogens (tertiary/aromatic N) is 6. The molecule has 0 saturated carbocycles. The molecular formula is C90H88N8O7Si2. The molecular weight excluding hydrogens is 1360 g/mol. The molecule has 107 heavy (non-hydrogen) atoms. The molecule has 2 amide bonds. The number of hydrogen-bond donors (Lipinski definition) is 2. The molecule has 15 aromatic rings. The van der Waals surface area contributed by atoms with Crippen LogP contribution in [0.3, 0.4) is 0 Å². The van der Waals surface area contributed by atoms with Crippen LogP contribution >= 0.6 is 0 Å². The zero-order chi connectivity index (χ0) is 73.4. The summed E-state index contributed by atoms with van der Waals surface area (Å²) in [5.74, 6) is 1.56. The van der Waals surface area contributed by atoms with Gasteiger partial charge in [-0.1, -0.05) is 194 Å². The summed E-state index contributed by atoms with van der Waals surface area (Å²) in [4.78, 5) is 43.3. The monoisotopic (exact) mass is 1450 g/mol. The molecule has 538 valence electrons. The van der Waals surface area contributed by atoms with Crippen molar-refractivity contribution >= 4 is 94.6 Å². The lowest BCUT2D eigenvalue weighted by Crippen LogP contribution is -2.46. The maximum atomic E-state index is 13.6. The van der Waals surface area contributed by atoms with E-state index in [1.165, 1.54) is 0 Å². The number of nitrogens with one attached hydrogen (secondary N) is 2.